The van der Waals surface area contributed by atoms with E-state index in [1.54, 1.807) is 7.11 Å². The molecule has 0 amide bonds. The Balaban J connectivity index is 1.72. The molecular weight excluding hydrogens is 204 g/mol. The molecule has 1 saturated heterocycles. The van der Waals surface area contributed by atoms with Crippen molar-refractivity contribution in [2.24, 2.45) is 0 Å². The van der Waals surface area contributed by atoms with Gasteiger partial charge < -0.3 is 15.2 Å². The van der Waals surface area contributed by atoms with Crippen molar-refractivity contribution in [1.29, 1.82) is 0 Å². The van der Waals surface area contributed by atoms with Gasteiger partial charge in [0.25, 0.3) is 0 Å². The maximum atomic E-state index is 9.34. The Morgan fingerprint density at radius 1 is 1.44 bits per heavy atom. The number of hydrogen-bond acceptors (Lipinski definition) is 4. The van der Waals surface area contributed by atoms with Gasteiger partial charge in [-0.05, 0) is 32.2 Å². The summed E-state index contributed by atoms with van der Waals surface area (Å²) in [5, 5.41) is 12.8. The zero-order chi connectivity index (χ0) is 11.4. The van der Waals surface area contributed by atoms with E-state index in [1.165, 1.54) is 25.7 Å². The van der Waals surface area contributed by atoms with E-state index >= 15 is 0 Å². The molecule has 2 atom stereocenters. The van der Waals surface area contributed by atoms with Crippen LogP contribution in [0.2, 0.25) is 0 Å². The molecule has 0 aromatic heterocycles. The molecular formula is C12H24N2O2. The molecule has 0 radical (unpaired) electrons. The van der Waals surface area contributed by atoms with Crippen LogP contribution in [-0.4, -0.2) is 61.5 Å². The Hall–Kier alpha value is -0.160. The molecule has 16 heavy (non-hydrogen) atoms. The summed E-state index contributed by atoms with van der Waals surface area (Å²) >= 11 is 0. The van der Waals surface area contributed by atoms with Gasteiger partial charge >= 0.3 is 0 Å². The topological polar surface area (TPSA) is 44.7 Å². The molecule has 4 nitrogen and oxygen atoms in total. The Kier molecular flexibility index (Phi) is 4.58. The molecule has 0 spiro atoms. The quantitative estimate of drug-likeness (QED) is 0.682. The van der Waals surface area contributed by atoms with Gasteiger partial charge in [-0.1, -0.05) is 0 Å². The second-order valence-corrected chi connectivity index (χ2v) is 5.08. The Morgan fingerprint density at radius 2 is 2.25 bits per heavy atom. The third-order valence-corrected chi connectivity index (χ3v) is 3.54. The molecule has 4 heteroatoms. The Bertz CT molecular complexity index is 209. The average molecular weight is 228 g/mol. The summed E-state index contributed by atoms with van der Waals surface area (Å²) in [7, 11) is 1.79. The zero-order valence-corrected chi connectivity index (χ0v) is 10.2. The van der Waals surface area contributed by atoms with Crippen LogP contribution in [0.3, 0.4) is 0 Å². The van der Waals surface area contributed by atoms with Gasteiger partial charge in [-0.15, -0.1) is 0 Å². The first-order valence-electron chi connectivity index (χ1n) is 6.44. The van der Waals surface area contributed by atoms with Crippen LogP contribution in [0.15, 0.2) is 0 Å². The first kappa shape index (κ1) is 12.3. The first-order valence-corrected chi connectivity index (χ1v) is 6.44. The Labute approximate surface area is 98.0 Å². The zero-order valence-electron chi connectivity index (χ0n) is 10.2. The number of hydrogen-bond donors (Lipinski definition) is 2. The van der Waals surface area contributed by atoms with Gasteiger partial charge in [0.2, 0.25) is 0 Å². The third kappa shape index (κ3) is 3.70. The number of aliphatic hydroxyl groups excluding tert-OH is 1. The highest BCUT2D eigenvalue weighted by molar-refractivity contribution is 4.86. The molecule has 2 fully saturated rings. The lowest BCUT2D eigenvalue weighted by Gasteiger charge is -2.34. The molecule has 2 unspecified atom stereocenters. The van der Waals surface area contributed by atoms with Crippen LogP contribution in [0, 0.1) is 0 Å². The summed E-state index contributed by atoms with van der Waals surface area (Å²) in [5.41, 5.74) is 0. The molecule has 1 aliphatic carbocycles. The van der Waals surface area contributed by atoms with E-state index < -0.39 is 0 Å². The van der Waals surface area contributed by atoms with Crippen molar-refractivity contribution >= 4 is 0 Å². The summed E-state index contributed by atoms with van der Waals surface area (Å²) in [4.78, 5) is 2.41. The first-order chi connectivity index (χ1) is 7.81. The van der Waals surface area contributed by atoms with Crippen LogP contribution in [0.4, 0.5) is 0 Å². The van der Waals surface area contributed by atoms with Crippen LogP contribution in [0.1, 0.15) is 25.7 Å². The lowest BCUT2D eigenvalue weighted by atomic mass is 10.1. The second kappa shape index (κ2) is 5.96. The van der Waals surface area contributed by atoms with Crippen molar-refractivity contribution in [3.8, 4) is 0 Å². The van der Waals surface area contributed by atoms with Crippen LogP contribution in [0.5, 0.6) is 0 Å². The fourth-order valence-electron chi connectivity index (χ4n) is 2.43. The molecule has 1 heterocycles. The fraction of sp³-hybridized carbons (Fsp3) is 1.00. The van der Waals surface area contributed by atoms with Gasteiger partial charge in [0.05, 0.1) is 12.7 Å². The van der Waals surface area contributed by atoms with Crippen LogP contribution in [-0.2, 0) is 4.74 Å². The standard InChI is InChI=1S/C12H24N2O2/c1-16-12-3-2-6-14(8-12)7-11(9-15)13-10-4-5-10/h10-13,15H,2-9H2,1H3. The highest BCUT2D eigenvalue weighted by atomic mass is 16.5. The highest BCUT2D eigenvalue weighted by Crippen LogP contribution is 2.20. The molecule has 0 aromatic rings. The van der Waals surface area contributed by atoms with Gasteiger partial charge in [-0.2, -0.15) is 0 Å². The van der Waals surface area contributed by atoms with Crippen molar-refractivity contribution in [3.05, 3.63) is 0 Å². The molecule has 0 aromatic carbocycles. The number of likely N-dealkylation sites (tertiary alicyclic amines) is 1. The monoisotopic (exact) mass is 228 g/mol. The molecule has 0 bridgehead atoms. The van der Waals surface area contributed by atoms with E-state index in [2.05, 4.69) is 10.2 Å². The summed E-state index contributed by atoms with van der Waals surface area (Å²) in [5.74, 6) is 0. The molecule has 94 valence electrons. The number of nitrogens with one attached hydrogen (secondary N) is 1. The molecule has 1 aliphatic heterocycles. The Morgan fingerprint density at radius 3 is 2.88 bits per heavy atom. The molecule has 1 saturated carbocycles. The minimum atomic E-state index is 0.239. The number of methoxy groups -OCH3 is 1. The number of rotatable bonds is 6. The van der Waals surface area contributed by atoms with Gasteiger partial charge in [0, 0.05) is 32.3 Å². The smallest absolute Gasteiger partial charge is 0.0698 e. The minimum absolute atomic E-state index is 0.239. The summed E-state index contributed by atoms with van der Waals surface area (Å²) < 4.78 is 5.41. The van der Waals surface area contributed by atoms with Crippen LogP contribution in [0.25, 0.3) is 0 Å². The lowest BCUT2D eigenvalue weighted by Crippen LogP contribution is -2.48. The maximum Gasteiger partial charge on any atom is 0.0698 e. The van der Waals surface area contributed by atoms with Crippen LogP contribution < -0.4 is 5.32 Å². The van der Waals surface area contributed by atoms with E-state index in [-0.39, 0.29) is 12.6 Å². The van der Waals surface area contributed by atoms with E-state index in [4.69, 9.17) is 4.74 Å². The molecule has 2 aliphatic rings. The molecule has 2 rings (SSSR count). The van der Waals surface area contributed by atoms with Gasteiger partial charge in [0.1, 0.15) is 0 Å². The van der Waals surface area contributed by atoms with Crippen molar-refractivity contribution < 1.29 is 9.84 Å². The van der Waals surface area contributed by atoms with Gasteiger partial charge in [-0.25, -0.2) is 0 Å². The number of nitrogens with zero attached hydrogens (tertiary/aromatic N) is 1. The highest BCUT2D eigenvalue weighted by Gasteiger charge is 2.27. The fourth-order valence-corrected chi connectivity index (χ4v) is 2.43. The van der Waals surface area contributed by atoms with Gasteiger partial charge in [0.15, 0.2) is 0 Å². The normalized spacial score (nSPS) is 29.2. The predicted molar refractivity (Wildman–Crippen MR) is 63.5 cm³/mol. The van der Waals surface area contributed by atoms with Gasteiger partial charge in [-0.3, -0.25) is 4.90 Å². The van der Waals surface area contributed by atoms with Crippen molar-refractivity contribution in [3.63, 3.8) is 0 Å². The maximum absolute atomic E-state index is 9.34. The van der Waals surface area contributed by atoms with E-state index in [1.807, 2.05) is 0 Å². The number of ether oxygens (including phenoxy) is 1. The van der Waals surface area contributed by atoms with E-state index in [0.29, 0.717) is 12.1 Å². The molecule has 2 N–H and O–H groups in total. The second-order valence-electron chi connectivity index (χ2n) is 5.08. The number of aliphatic hydroxyl groups is 1. The summed E-state index contributed by atoms with van der Waals surface area (Å²) in [6.45, 7) is 3.35. The van der Waals surface area contributed by atoms with Crippen LogP contribution >= 0.6 is 0 Å². The lowest BCUT2D eigenvalue weighted by molar-refractivity contribution is 0.0252. The van der Waals surface area contributed by atoms with Crippen molar-refractivity contribution in [2.45, 2.75) is 43.9 Å². The van der Waals surface area contributed by atoms with E-state index in [9.17, 15) is 5.11 Å². The van der Waals surface area contributed by atoms with Crippen molar-refractivity contribution in [2.75, 3.05) is 33.4 Å². The third-order valence-electron chi connectivity index (χ3n) is 3.54. The largest absolute Gasteiger partial charge is 0.395 e. The SMILES string of the molecule is COC1CCCN(CC(CO)NC2CC2)C1. The van der Waals surface area contributed by atoms with Crippen molar-refractivity contribution in [1.82, 2.24) is 10.2 Å². The van der Waals surface area contributed by atoms with E-state index in [0.717, 1.165) is 19.6 Å². The minimum Gasteiger partial charge on any atom is -0.395 e. The summed E-state index contributed by atoms with van der Waals surface area (Å²) in [6.07, 6.45) is 5.32. The number of piperidine rings is 1. The summed E-state index contributed by atoms with van der Waals surface area (Å²) in [6, 6.07) is 0.906. The predicted octanol–water partition coefficient (Wildman–Crippen LogP) is 0.210. The average Bonchev–Trinajstić information content (AvgIpc) is 3.12.